The molecular formula is C15H31IN4S. The maximum Gasteiger partial charge on any atom is 0.191 e. The second-order valence-electron chi connectivity index (χ2n) is 5.84. The first-order valence-electron chi connectivity index (χ1n) is 8.18. The summed E-state index contributed by atoms with van der Waals surface area (Å²) in [6.45, 7) is 7.76. The summed E-state index contributed by atoms with van der Waals surface area (Å²) in [5, 5.41) is 0. The molecule has 1 atom stereocenters. The van der Waals surface area contributed by atoms with Crippen molar-refractivity contribution in [2.45, 2.75) is 45.1 Å². The van der Waals surface area contributed by atoms with E-state index in [1.807, 2.05) is 11.8 Å². The first kappa shape index (κ1) is 19.4. The van der Waals surface area contributed by atoms with Gasteiger partial charge in [0, 0.05) is 30.6 Å². The van der Waals surface area contributed by atoms with Crippen molar-refractivity contribution >= 4 is 41.7 Å². The van der Waals surface area contributed by atoms with E-state index >= 15 is 0 Å². The van der Waals surface area contributed by atoms with Crippen molar-refractivity contribution in [2.75, 3.05) is 44.2 Å². The number of aliphatic imine (C=N–C) groups is 1. The number of rotatable bonds is 5. The van der Waals surface area contributed by atoms with Crippen LogP contribution < -0.4 is 5.73 Å². The molecule has 2 rings (SSSR count). The Kier molecular flexibility index (Phi) is 10.1. The number of unbranched alkanes of at least 4 members (excludes halogenated alkanes) is 1. The SMILES string of the molecule is CCCCN1CCCCC1CN=C(N)N1CCSCC1.I. The van der Waals surface area contributed by atoms with Crippen LogP contribution >= 0.6 is 35.7 Å². The molecule has 0 amide bonds. The number of piperidine rings is 1. The van der Waals surface area contributed by atoms with Gasteiger partial charge < -0.3 is 10.6 Å². The molecule has 2 heterocycles. The molecule has 0 aromatic heterocycles. The van der Waals surface area contributed by atoms with Gasteiger partial charge in [0.15, 0.2) is 5.96 Å². The number of nitrogens with two attached hydrogens (primary N) is 1. The van der Waals surface area contributed by atoms with Crippen molar-refractivity contribution in [3.05, 3.63) is 0 Å². The van der Waals surface area contributed by atoms with E-state index in [0.717, 1.165) is 25.6 Å². The third kappa shape index (κ3) is 6.52. The van der Waals surface area contributed by atoms with Crippen LogP contribution in [0.2, 0.25) is 0 Å². The van der Waals surface area contributed by atoms with E-state index in [4.69, 9.17) is 10.7 Å². The van der Waals surface area contributed by atoms with Gasteiger partial charge in [0.25, 0.3) is 0 Å². The zero-order valence-corrected chi connectivity index (χ0v) is 16.4. The van der Waals surface area contributed by atoms with E-state index in [1.54, 1.807) is 0 Å². The Balaban J connectivity index is 0.00000220. The largest absolute Gasteiger partial charge is 0.370 e. The van der Waals surface area contributed by atoms with Gasteiger partial charge in [0.2, 0.25) is 0 Å². The van der Waals surface area contributed by atoms with Crippen LogP contribution in [0.4, 0.5) is 0 Å². The van der Waals surface area contributed by atoms with Gasteiger partial charge in [-0.3, -0.25) is 9.89 Å². The minimum absolute atomic E-state index is 0. The predicted molar refractivity (Wildman–Crippen MR) is 105 cm³/mol. The molecule has 0 saturated carbocycles. The number of thioether (sulfide) groups is 1. The second-order valence-corrected chi connectivity index (χ2v) is 7.06. The lowest BCUT2D eigenvalue weighted by molar-refractivity contribution is 0.151. The molecule has 0 bridgehead atoms. The summed E-state index contributed by atoms with van der Waals surface area (Å²) in [5.41, 5.74) is 6.16. The molecule has 4 nitrogen and oxygen atoms in total. The summed E-state index contributed by atoms with van der Waals surface area (Å²) < 4.78 is 0. The van der Waals surface area contributed by atoms with Crippen LogP contribution in [0.3, 0.4) is 0 Å². The van der Waals surface area contributed by atoms with Crippen LogP contribution in [-0.2, 0) is 0 Å². The molecular weight excluding hydrogens is 395 g/mol. The van der Waals surface area contributed by atoms with Crippen LogP contribution in [0, 0.1) is 0 Å². The Morgan fingerprint density at radius 2 is 2.00 bits per heavy atom. The fraction of sp³-hybridized carbons (Fsp3) is 0.933. The number of guanidine groups is 1. The van der Waals surface area contributed by atoms with Crippen molar-refractivity contribution in [1.82, 2.24) is 9.80 Å². The first-order valence-corrected chi connectivity index (χ1v) is 9.33. The summed E-state index contributed by atoms with van der Waals surface area (Å²) in [6, 6.07) is 0.619. The van der Waals surface area contributed by atoms with Gasteiger partial charge >= 0.3 is 0 Å². The van der Waals surface area contributed by atoms with Crippen LogP contribution in [0.5, 0.6) is 0 Å². The molecule has 2 saturated heterocycles. The smallest absolute Gasteiger partial charge is 0.191 e. The van der Waals surface area contributed by atoms with Gasteiger partial charge in [-0.25, -0.2) is 0 Å². The third-order valence-corrected chi connectivity index (χ3v) is 5.29. The molecule has 2 aliphatic heterocycles. The second kappa shape index (κ2) is 10.9. The van der Waals surface area contributed by atoms with E-state index in [9.17, 15) is 0 Å². The van der Waals surface area contributed by atoms with Crippen molar-refractivity contribution in [3.63, 3.8) is 0 Å². The predicted octanol–water partition coefficient (Wildman–Crippen LogP) is 2.62. The zero-order valence-electron chi connectivity index (χ0n) is 13.3. The van der Waals surface area contributed by atoms with Gasteiger partial charge in [-0.2, -0.15) is 11.8 Å². The fourth-order valence-electron chi connectivity index (χ4n) is 3.01. The van der Waals surface area contributed by atoms with Gasteiger partial charge in [-0.05, 0) is 32.4 Å². The Morgan fingerprint density at radius 3 is 2.71 bits per heavy atom. The van der Waals surface area contributed by atoms with Crippen molar-refractivity contribution < 1.29 is 0 Å². The Labute approximate surface area is 151 Å². The third-order valence-electron chi connectivity index (χ3n) is 4.35. The summed E-state index contributed by atoms with van der Waals surface area (Å²) in [4.78, 5) is 9.58. The van der Waals surface area contributed by atoms with Gasteiger partial charge in [-0.15, -0.1) is 24.0 Å². The molecule has 2 aliphatic rings. The molecule has 124 valence electrons. The molecule has 0 aliphatic carbocycles. The number of hydrogen-bond donors (Lipinski definition) is 1. The van der Waals surface area contributed by atoms with E-state index in [0.29, 0.717) is 6.04 Å². The summed E-state index contributed by atoms with van der Waals surface area (Å²) in [6.07, 6.45) is 6.57. The lowest BCUT2D eigenvalue weighted by atomic mass is 10.0. The number of nitrogens with zero attached hydrogens (tertiary/aromatic N) is 3. The number of likely N-dealkylation sites (tertiary alicyclic amines) is 1. The highest BCUT2D eigenvalue weighted by Crippen LogP contribution is 2.18. The van der Waals surface area contributed by atoms with Crippen molar-refractivity contribution in [2.24, 2.45) is 10.7 Å². The Bertz CT molecular complexity index is 308. The van der Waals surface area contributed by atoms with E-state index < -0.39 is 0 Å². The van der Waals surface area contributed by atoms with E-state index in [1.165, 1.54) is 56.7 Å². The molecule has 6 heteroatoms. The molecule has 0 radical (unpaired) electrons. The molecule has 21 heavy (non-hydrogen) atoms. The highest BCUT2D eigenvalue weighted by molar-refractivity contribution is 14.0. The van der Waals surface area contributed by atoms with Crippen LogP contribution in [-0.4, -0.2) is 66.0 Å². The monoisotopic (exact) mass is 426 g/mol. The van der Waals surface area contributed by atoms with Crippen LogP contribution in [0.25, 0.3) is 0 Å². The fourth-order valence-corrected chi connectivity index (χ4v) is 3.92. The van der Waals surface area contributed by atoms with E-state index in [-0.39, 0.29) is 24.0 Å². The summed E-state index contributed by atoms with van der Waals surface area (Å²) in [7, 11) is 0. The topological polar surface area (TPSA) is 44.9 Å². The van der Waals surface area contributed by atoms with E-state index in [2.05, 4.69) is 16.7 Å². The van der Waals surface area contributed by atoms with Gasteiger partial charge in [-0.1, -0.05) is 19.8 Å². The summed E-state index contributed by atoms with van der Waals surface area (Å²) >= 11 is 2.01. The number of hydrogen-bond acceptors (Lipinski definition) is 3. The average Bonchev–Trinajstić information content (AvgIpc) is 2.52. The lowest BCUT2D eigenvalue weighted by Gasteiger charge is -2.35. The Morgan fingerprint density at radius 1 is 1.24 bits per heavy atom. The minimum atomic E-state index is 0. The molecule has 0 spiro atoms. The molecule has 2 N–H and O–H groups in total. The first-order chi connectivity index (χ1) is 9.81. The standard InChI is InChI=1S/C15H30N4S.HI/c1-2-3-7-18-8-5-4-6-14(18)13-17-15(16)19-9-11-20-12-10-19;/h14H,2-13H2,1H3,(H2,16,17);1H. The Hall–Kier alpha value is 0.310. The highest BCUT2D eigenvalue weighted by atomic mass is 127. The normalized spacial score (nSPS) is 24.7. The van der Waals surface area contributed by atoms with Crippen molar-refractivity contribution in [1.29, 1.82) is 0 Å². The summed E-state index contributed by atoms with van der Waals surface area (Å²) in [5.74, 6) is 3.14. The maximum atomic E-state index is 6.16. The maximum absolute atomic E-state index is 6.16. The van der Waals surface area contributed by atoms with Gasteiger partial charge in [0.1, 0.15) is 0 Å². The quantitative estimate of drug-likeness (QED) is 0.417. The van der Waals surface area contributed by atoms with Gasteiger partial charge in [0.05, 0.1) is 6.54 Å². The van der Waals surface area contributed by atoms with Crippen molar-refractivity contribution in [3.8, 4) is 0 Å². The molecule has 2 fully saturated rings. The zero-order chi connectivity index (χ0) is 14.2. The average molecular weight is 426 g/mol. The lowest BCUT2D eigenvalue weighted by Crippen LogP contribution is -2.45. The molecule has 1 unspecified atom stereocenters. The number of halogens is 1. The van der Waals surface area contributed by atoms with Crippen LogP contribution in [0.15, 0.2) is 4.99 Å². The highest BCUT2D eigenvalue weighted by Gasteiger charge is 2.22. The van der Waals surface area contributed by atoms with Crippen LogP contribution in [0.1, 0.15) is 39.0 Å². The minimum Gasteiger partial charge on any atom is -0.370 e. The molecule has 0 aromatic rings. The molecule has 0 aromatic carbocycles.